The summed E-state index contributed by atoms with van der Waals surface area (Å²) in [7, 11) is -4.33. The predicted molar refractivity (Wildman–Crippen MR) is 233 cm³/mol. The van der Waals surface area contributed by atoms with Crippen molar-refractivity contribution in [2.45, 2.75) is 82.4 Å². The topological polar surface area (TPSA) is 141 Å². The van der Waals surface area contributed by atoms with E-state index in [0.29, 0.717) is 24.3 Å². The number of halogens is 2. The molecule has 0 saturated carbocycles. The summed E-state index contributed by atoms with van der Waals surface area (Å²) >= 11 is 0. The number of carbonyl (C=O) groups is 1. The Bertz CT molecular complexity index is 2520. The van der Waals surface area contributed by atoms with E-state index >= 15 is 4.39 Å². The van der Waals surface area contributed by atoms with E-state index in [-0.39, 0.29) is 37.4 Å². The molecule has 5 aromatic rings. The van der Waals surface area contributed by atoms with Crippen molar-refractivity contribution in [2.75, 3.05) is 54.1 Å². The third-order valence-electron chi connectivity index (χ3n) is 12.5. The molecule has 338 valence electrons. The maximum absolute atomic E-state index is 15.0. The first-order valence-corrected chi connectivity index (χ1v) is 22.9. The van der Waals surface area contributed by atoms with Crippen LogP contribution in [0.1, 0.15) is 51.2 Å². The zero-order chi connectivity index (χ0) is 44.7. The van der Waals surface area contributed by atoms with Crippen LogP contribution in [0.5, 0.6) is 5.75 Å². The summed E-state index contributed by atoms with van der Waals surface area (Å²) in [5, 5.41) is 4.14. The molecule has 0 radical (unpaired) electrons. The summed E-state index contributed by atoms with van der Waals surface area (Å²) < 4.78 is 85.8. The normalized spacial score (nSPS) is 23.9. The van der Waals surface area contributed by atoms with Crippen molar-refractivity contribution in [1.29, 1.82) is 0 Å². The fraction of sp³-hybridized carbons (Fsp3) is 0.413. The molecule has 1 spiro atoms. The summed E-state index contributed by atoms with van der Waals surface area (Å²) in [5.41, 5.74) is 1.14. The summed E-state index contributed by atoms with van der Waals surface area (Å²) in [6, 6.07) is 27.7. The number of benzene rings is 4. The van der Waals surface area contributed by atoms with E-state index in [1.54, 1.807) is 4.90 Å². The molecule has 15 nitrogen and oxygen atoms in total. The lowest BCUT2D eigenvalue weighted by molar-refractivity contribution is -0.239. The van der Waals surface area contributed by atoms with Crippen LogP contribution in [0.3, 0.4) is 0 Å². The van der Waals surface area contributed by atoms with Gasteiger partial charge in [-0.2, -0.15) is 21.9 Å². The van der Waals surface area contributed by atoms with Crippen molar-refractivity contribution >= 4 is 33.5 Å². The molecular formula is C46H51F2N7O8S. The second kappa shape index (κ2) is 17.4. The quantitative estimate of drug-likeness (QED) is 0.107. The van der Waals surface area contributed by atoms with Gasteiger partial charge in [-0.15, -0.1) is 0 Å². The monoisotopic (exact) mass is 899 g/mol. The van der Waals surface area contributed by atoms with Gasteiger partial charge in [0.1, 0.15) is 47.8 Å². The number of ether oxygens (including phenoxy) is 3. The highest BCUT2D eigenvalue weighted by Crippen LogP contribution is 2.56. The number of hydrogen-bond donors (Lipinski definition) is 0. The lowest BCUT2D eigenvalue weighted by Crippen LogP contribution is -2.73. The number of rotatable bonds is 15. The smallest absolute Gasteiger partial charge is 0.408 e. The molecule has 4 saturated heterocycles. The van der Waals surface area contributed by atoms with Crippen LogP contribution in [-0.4, -0.2) is 97.3 Å². The van der Waals surface area contributed by atoms with Crippen molar-refractivity contribution in [3.05, 3.63) is 132 Å². The van der Waals surface area contributed by atoms with Crippen molar-refractivity contribution in [2.24, 2.45) is 0 Å². The highest BCUT2D eigenvalue weighted by Gasteiger charge is 2.78. The van der Waals surface area contributed by atoms with E-state index in [9.17, 15) is 17.6 Å². The first kappa shape index (κ1) is 43.6. The number of unbranched alkanes of at least 4 members (excludes halogenated alkanes) is 1. The van der Waals surface area contributed by atoms with E-state index < -0.39 is 45.4 Å². The number of amides is 2. The van der Waals surface area contributed by atoms with Crippen molar-refractivity contribution < 1.29 is 44.6 Å². The average Bonchev–Trinajstić information content (AvgIpc) is 3.99. The van der Waals surface area contributed by atoms with Crippen LogP contribution in [0.15, 0.2) is 110 Å². The Morgan fingerprint density at radius 1 is 0.875 bits per heavy atom. The molecule has 4 aromatic carbocycles. The Kier molecular flexibility index (Phi) is 11.8. The standard InChI is InChI=1S/C46H51F2N7O8S/c1-4-5-21-45(27-34-9-7-6-8-10-34)46(62-64(57,58)63-46)55(43(56)54(45)33(2)3)38-14-12-36(13-15-38)51-22-24-52(25-23-51)37-16-18-39(19-17-37)59-28-42-60-30-44(61-42,29-53-32-49-31-50-53)40-20-11-35(47)26-41(40)48/h6-20,26,31-33,42H,4-5,21-25,27-30H2,1-3H3/t42-,44+,45?/m0/s1. The second-order valence-electron chi connectivity index (χ2n) is 16.9. The molecule has 5 heterocycles. The lowest BCUT2D eigenvalue weighted by Gasteiger charge is -2.52. The van der Waals surface area contributed by atoms with Crippen LogP contribution in [0.4, 0.5) is 30.6 Å². The molecule has 4 aliphatic heterocycles. The number of carbonyl (C=O) groups excluding carboxylic acids is 1. The molecule has 18 heteroatoms. The number of anilines is 3. The van der Waals surface area contributed by atoms with Crippen LogP contribution >= 0.6 is 0 Å². The fourth-order valence-corrected chi connectivity index (χ4v) is 10.6. The SMILES string of the molecule is CCCCC1(Cc2ccccc2)N(C(C)C)C(=O)N(c2ccc(N3CCN(c4ccc(OC[C@H]5OC[C@](Cn6cncn6)(c6ccc(F)cc6F)O5)cc4)CC3)cc2)C12OS(=O)(=O)O2. The van der Waals surface area contributed by atoms with Crippen LogP contribution < -0.4 is 19.4 Å². The summed E-state index contributed by atoms with van der Waals surface area (Å²) in [4.78, 5) is 26.3. The van der Waals surface area contributed by atoms with Gasteiger partial charge in [0.15, 0.2) is 6.29 Å². The number of urea groups is 1. The third-order valence-corrected chi connectivity index (χ3v) is 13.3. The highest BCUT2D eigenvalue weighted by atomic mass is 32.3. The summed E-state index contributed by atoms with van der Waals surface area (Å²) in [6.07, 6.45) is 4.39. The fourth-order valence-electron chi connectivity index (χ4n) is 9.58. The molecule has 3 atom stereocenters. The van der Waals surface area contributed by atoms with Gasteiger partial charge in [0, 0.05) is 61.6 Å². The first-order valence-electron chi connectivity index (χ1n) is 21.6. The number of aromatic nitrogens is 3. The molecule has 1 unspecified atom stereocenters. The zero-order valence-electron chi connectivity index (χ0n) is 35.9. The average molecular weight is 900 g/mol. The largest absolute Gasteiger partial charge is 0.488 e. The molecule has 0 bridgehead atoms. The zero-order valence-corrected chi connectivity index (χ0v) is 36.7. The molecule has 9 rings (SSSR count). The van der Waals surface area contributed by atoms with E-state index in [1.165, 1.54) is 34.4 Å². The minimum atomic E-state index is -4.33. The second-order valence-corrected chi connectivity index (χ2v) is 18.1. The number of piperazine rings is 1. The van der Waals surface area contributed by atoms with Crippen LogP contribution in [0, 0.1) is 11.6 Å². The molecule has 1 aromatic heterocycles. The molecular weight excluding hydrogens is 849 g/mol. The van der Waals surface area contributed by atoms with Gasteiger partial charge in [0.05, 0.1) is 18.8 Å². The van der Waals surface area contributed by atoms with Gasteiger partial charge in [-0.3, -0.25) is 0 Å². The van der Waals surface area contributed by atoms with Crippen molar-refractivity contribution in [1.82, 2.24) is 19.7 Å². The van der Waals surface area contributed by atoms with E-state index in [2.05, 4.69) is 26.8 Å². The number of nitrogens with zero attached hydrogens (tertiary/aromatic N) is 7. The molecule has 2 amide bonds. The maximum atomic E-state index is 15.0. The molecule has 64 heavy (non-hydrogen) atoms. The van der Waals surface area contributed by atoms with Crippen LogP contribution in [0.2, 0.25) is 0 Å². The van der Waals surface area contributed by atoms with E-state index in [4.69, 9.17) is 22.6 Å². The molecule has 0 N–H and O–H groups in total. The van der Waals surface area contributed by atoms with Gasteiger partial charge in [0.2, 0.25) is 0 Å². The minimum Gasteiger partial charge on any atom is -0.488 e. The first-order chi connectivity index (χ1) is 30.8. The van der Waals surface area contributed by atoms with E-state index in [0.717, 1.165) is 62.0 Å². The van der Waals surface area contributed by atoms with Crippen molar-refractivity contribution in [3.63, 3.8) is 0 Å². The minimum absolute atomic E-state index is 0.000353. The molecule has 4 fully saturated rings. The number of hydrogen-bond acceptors (Lipinski definition) is 12. The van der Waals surface area contributed by atoms with Gasteiger partial charge in [-0.25, -0.2) is 28.1 Å². The predicted octanol–water partition coefficient (Wildman–Crippen LogP) is 7.00. The Balaban J connectivity index is 0.842. The van der Waals surface area contributed by atoms with Gasteiger partial charge in [-0.05, 0) is 80.4 Å². The highest BCUT2D eigenvalue weighted by molar-refractivity contribution is 7.82. The Hall–Kier alpha value is -5.66. The Morgan fingerprint density at radius 3 is 2.12 bits per heavy atom. The third kappa shape index (κ3) is 8.06. The summed E-state index contributed by atoms with van der Waals surface area (Å²) in [6.45, 7) is 9.00. The lowest BCUT2D eigenvalue weighted by atomic mass is 9.80. The summed E-state index contributed by atoms with van der Waals surface area (Å²) in [5.74, 6) is -2.72. The van der Waals surface area contributed by atoms with Crippen molar-refractivity contribution in [3.8, 4) is 5.75 Å². The van der Waals surface area contributed by atoms with E-state index in [1.807, 2.05) is 92.7 Å². The molecule has 4 aliphatic rings. The molecule has 0 aliphatic carbocycles. The maximum Gasteiger partial charge on any atom is 0.408 e. The Morgan fingerprint density at radius 2 is 1.53 bits per heavy atom. The van der Waals surface area contributed by atoms with Gasteiger partial charge in [-0.1, -0.05) is 56.2 Å². The van der Waals surface area contributed by atoms with Crippen LogP contribution in [0.25, 0.3) is 0 Å². The van der Waals surface area contributed by atoms with Gasteiger partial charge < -0.3 is 28.9 Å². The Labute approximate surface area is 371 Å². The van der Waals surface area contributed by atoms with Gasteiger partial charge in [0.25, 0.3) is 0 Å². The van der Waals surface area contributed by atoms with Gasteiger partial charge >= 0.3 is 22.3 Å². The van der Waals surface area contributed by atoms with Crippen LogP contribution in [-0.2, 0) is 46.8 Å².